The van der Waals surface area contributed by atoms with E-state index in [0.717, 1.165) is 10.9 Å². The SMILES string of the molecule is CC[C@H](C)NC(=O)c1ccn(Cn2cc(Br)cn2)n1. The molecular weight excluding hydrogens is 310 g/mol. The van der Waals surface area contributed by atoms with Crippen LogP contribution in [0.2, 0.25) is 0 Å². The maximum absolute atomic E-state index is 11.9. The predicted octanol–water partition coefficient (Wildman–Crippen LogP) is 1.88. The Morgan fingerprint density at radius 3 is 2.95 bits per heavy atom. The van der Waals surface area contributed by atoms with E-state index in [-0.39, 0.29) is 11.9 Å². The molecule has 0 radical (unpaired) electrons. The number of hydrogen-bond donors (Lipinski definition) is 1. The first-order valence-corrected chi connectivity index (χ1v) is 6.90. The van der Waals surface area contributed by atoms with Crippen molar-refractivity contribution in [3.8, 4) is 0 Å². The smallest absolute Gasteiger partial charge is 0.271 e. The molecule has 0 bridgehead atoms. The highest BCUT2D eigenvalue weighted by Crippen LogP contribution is 2.06. The molecule has 0 aliphatic rings. The van der Waals surface area contributed by atoms with Gasteiger partial charge in [-0.2, -0.15) is 10.2 Å². The molecule has 6 nitrogen and oxygen atoms in total. The van der Waals surface area contributed by atoms with Crippen molar-refractivity contribution >= 4 is 21.8 Å². The predicted molar refractivity (Wildman–Crippen MR) is 74.8 cm³/mol. The number of rotatable bonds is 5. The van der Waals surface area contributed by atoms with E-state index >= 15 is 0 Å². The summed E-state index contributed by atoms with van der Waals surface area (Å²) in [7, 11) is 0. The van der Waals surface area contributed by atoms with Crippen LogP contribution in [0.4, 0.5) is 0 Å². The van der Waals surface area contributed by atoms with Crippen LogP contribution in [0.5, 0.6) is 0 Å². The summed E-state index contributed by atoms with van der Waals surface area (Å²) in [6, 6.07) is 1.86. The third-order valence-electron chi connectivity index (χ3n) is 2.75. The molecule has 102 valence electrons. The van der Waals surface area contributed by atoms with Crippen molar-refractivity contribution in [1.82, 2.24) is 24.9 Å². The summed E-state index contributed by atoms with van der Waals surface area (Å²) in [4.78, 5) is 11.9. The van der Waals surface area contributed by atoms with E-state index in [0.29, 0.717) is 12.4 Å². The van der Waals surface area contributed by atoms with E-state index in [1.807, 2.05) is 20.0 Å². The van der Waals surface area contributed by atoms with Gasteiger partial charge >= 0.3 is 0 Å². The van der Waals surface area contributed by atoms with E-state index in [1.54, 1.807) is 27.8 Å². The fourth-order valence-electron chi connectivity index (χ4n) is 1.53. The highest BCUT2D eigenvalue weighted by atomic mass is 79.9. The average molecular weight is 326 g/mol. The van der Waals surface area contributed by atoms with Gasteiger partial charge in [0.25, 0.3) is 5.91 Å². The van der Waals surface area contributed by atoms with Gasteiger partial charge < -0.3 is 5.32 Å². The third kappa shape index (κ3) is 3.66. The summed E-state index contributed by atoms with van der Waals surface area (Å²) >= 11 is 3.33. The van der Waals surface area contributed by atoms with Crippen LogP contribution in [0.15, 0.2) is 29.1 Å². The molecule has 0 saturated carbocycles. The summed E-state index contributed by atoms with van der Waals surface area (Å²) in [6.45, 7) is 4.47. The van der Waals surface area contributed by atoms with Crippen molar-refractivity contribution in [1.29, 1.82) is 0 Å². The summed E-state index contributed by atoms with van der Waals surface area (Å²) in [5, 5.41) is 11.2. The first-order chi connectivity index (χ1) is 9.08. The molecule has 1 amide bonds. The fourth-order valence-corrected chi connectivity index (χ4v) is 1.85. The molecule has 1 N–H and O–H groups in total. The van der Waals surface area contributed by atoms with E-state index in [9.17, 15) is 4.79 Å². The van der Waals surface area contributed by atoms with Crippen molar-refractivity contribution in [2.45, 2.75) is 33.0 Å². The Morgan fingerprint density at radius 1 is 1.53 bits per heavy atom. The zero-order valence-electron chi connectivity index (χ0n) is 10.9. The zero-order valence-corrected chi connectivity index (χ0v) is 12.5. The first kappa shape index (κ1) is 13.8. The van der Waals surface area contributed by atoms with Gasteiger partial charge in [-0.15, -0.1) is 0 Å². The van der Waals surface area contributed by atoms with E-state index in [1.165, 1.54) is 0 Å². The van der Waals surface area contributed by atoms with Crippen LogP contribution in [0.3, 0.4) is 0 Å². The molecule has 0 aliphatic heterocycles. The van der Waals surface area contributed by atoms with Crippen LogP contribution in [0.25, 0.3) is 0 Å². The van der Waals surface area contributed by atoms with Crippen LogP contribution >= 0.6 is 15.9 Å². The molecular formula is C12H16BrN5O. The van der Waals surface area contributed by atoms with Gasteiger partial charge in [0.15, 0.2) is 0 Å². The molecule has 0 spiro atoms. The quantitative estimate of drug-likeness (QED) is 0.912. The minimum absolute atomic E-state index is 0.144. The van der Waals surface area contributed by atoms with Gasteiger partial charge in [0.2, 0.25) is 0 Å². The first-order valence-electron chi connectivity index (χ1n) is 6.10. The Labute approximate surface area is 119 Å². The highest BCUT2D eigenvalue weighted by Gasteiger charge is 2.11. The molecule has 0 aromatic carbocycles. The van der Waals surface area contributed by atoms with E-state index < -0.39 is 0 Å². The highest BCUT2D eigenvalue weighted by molar-refractivity contribution is 9.10. The topological polar surface area (TPSA) is 64.7 Å². The Hall–Kier alpha value is -1.63. The second-order valence-electron chi connectivity index (χ2n) is 4.36. The monoisotopic (exact) mass is 325 g/mol. The zero-order chi connectivity index (χ0) is 13.8. The molecule has 0 saturated heterocycles. The Morgan fingerprint density at radius 2 is 2.32 bits per heavy atom. The van der Waals surface area contributed by atoms with Gasteiger partial charge in [0.1, 0.15) is 12.4 Å². The number of hydrogen-bond acceptors (Lipinski definition) is 3. The minimum atomic E-state index is -0.144. The maximum Gasteiger partial charge on any atom is 0.271 e. The van der Waals surface area contributed by atoms with Crippen LogP contribution in [0.1, 0.15) is 30.8 Å². The minimum Gasteiger partial charge on any atom is -0.348 e. The van der Waals surface area contributed by atoms with Crippen molar-refractivity contribution in [3.63, 3.8) is 0 Å². The maximum atomic E-state index is 11.9. The Kier molecular flexibility index (Phi) is 4.36. The molecule has 0 unspecified atom stereocenters. The number of carbonyl (C=O) groups excluding carboxylic acids is 1. The molecule has 1 atom stereocenters. The van der Waals surface area contributed by atoms with Crippen LogP contribution in [0, 0.1) is 0 Å². The molecule has 2 aromatic heterocycles. The second kappa shape index (κ2) is 6.01. The standard InChI is InChI=1S/C12H16BrN5O/c1-3-9(2)15-12(19)11-4-5-17(16-11)8-18-7-10(13)6-14-18/h4-7,9H,3,8H2,1-2H3,(H,15,19)/t9-/m0/s1. The van der Waals surface area contributed by atoms with Gasteiger partial charge in [-0.3, -0.25) is 9.48 Å². The van der Waals surface area contributed by atoms with Gasteiger partial charge in [-0.05, 0) is 35.3 Å². The van der Waals surface area contributed by atoms with Crippen LogP contribution in [-0.2, 0) is 6.67 Å². The fraction of sp³-hybridized carbons (Fsp3) is 0.417. The summed E-state index contributed by atoms with van der Waals surface area (Å²) in [5.74, 6) is -0.144. The van der Waals surface area contributed by atoms with Crippen molar-refractivity contribution < 1.29 is 4.79 Å². The lowest BCUT2D eigenvalue weighted by molar-refractivity contribution is 0.0933. The van der Waals surface area contributed by atoms with Gasteiger partial charge in [-0.1, -0.05) is 6.92 Å². The van der Waals surface area contributed by atoms with Gasteiger partial charge in [-0.25, -0.2) is 4.68 Å². The normalized spacial score (nSPS) is 12.4. The largest absolute Gasteiger partial charge is 0.348 e. The van der Waals surface area contributed by atoms with Gasteiger partial charge in [0, 0.05) is 18.4 Å². The summed E-state index contributed by atoms with van der Waals surface area (Å²) in [5.41, 5.74) is 0.423. The number of amides is 1. The molecule has 2 rings (SSSR count). The Bertz CT molecular complexity index is 562. The number of halogens is 1. The lowest BCUT2D eigenvalue weighted by atomic mass is 10.2. The second-order valence-corrected chi connectivity index (χ2v) is 5.28. The van der Waals surface area contributed by atoms with Crippen molar-refractivity contribution in [2.75, 3.05) is 0 Å². The summed E-state index contributed by atoms with van der Waals surface area (Å²) < 4.78 is 4.31. The Balaban J connectivity index is 2.00. The number of aromatic nitrogens is 4. The molecule has 19 heavy (non-hydrogen) atoms. The molecule has 2 heterocycles. The van der Waals surface area contributed by atoms with Crippen molar-refractivity contribution in [2.24, 2.45) is 0 Å². The molecule has 2 aromatic rings. The van der Waals surface area contributed by atoms with Crippen LogP contribution < -0.4 is 5.32 Å². The number of nitrogens with one attached hydrogen (secondary N) is 1. The summed E-state index contributed by atoms with van der Waals surface area (Å²) in [6.07, 6.45) is 6.22. The molecule has 7 heteroatoms. The van der Waals surface area contributed by atoms with E-state index in [4.69, 9.17) is 0 Å². The number of nitrogens with zero attached hydrogens (tertiary/aromatic N) is 4. The van der Waals surface area contributed by atoms with E-state index in [2.05, 4.69) is 31.4 Å². The lowest BCUT2D eigenvalue weighted by Gasteiger charge is -2.09. The van der Waals surface area contributed by atoms with Crippen LogP contribution in [-0.4, -0.2) is 31.5 Å². The van der Waals surface area contributed by atoms with Crippen molar-refractivity contribution in [3.05, 3.63) is 34.8 Å². The van der Waals surface area contributed by atoms with Gasteiger partial charge in [0.05, 0.1) is 10.7 Å². The molecule has 0 aliphatic carbocycles. The molecule has 0 fully saturated rings. The third-order valence-corrected chi connectivity index (χ3v) is 3.16. The lowest BCUT2D eigenvalue weighted by Crippen LogP contribution is -2.32. The average Bonchev–Trinajstić information content (AvgIpc) is 2.99. The number of carbonyl (C=O) groups is 1.